The van der Waals surface area contributed by atoms with E-state index in [2.05, 4.69) is 36.7 Å². The molecule has 0 aromatic carbocycles. The van der Waals surface area contributed by atoms with Crippen molar-refractivity contribution >= 4 is 21.7 Å². The highest BCUT2D eigenvalue weighted by Crippen LogP contribution is 2.31. The summed E-state index contributed by atoms with van der Waals surface area (Å²) < 4.78 is 0. The number of halogens is 1. The molecular weight excluding hydrogens is 228 g/mol. The molecule has 0 aliphatic rings. The Labute approximate surface area is 90.4 Å². The Morgan fingerprint density at radius 2 is 1.54 bits per heavy atom. The summed E-state index contributed by atoms with van der Waals surface area (Å²) in [7, 11) is 0. The molecule has 1 nitrogen and oxygen atoms in total. The highest BCUT2D eigenvalue weighted by Gasteiger charge is 2.29. The van der Waals surface area contributed by atoms with Gasteiger partial charge in [0.2, 0.25) is 0 Å². The molecule has 0 amide bonds. The Morgan fingerprint density at radius 3 is 1.77 bits per heavy atom. The van der Waals surface area contributed by atoms with Gasteiger partial charge in [0.15, 0.2) is 0 Å². The first-order valence-corrected chi connectivity index (χ1v) is 5.64. The van der Waals surface area contributed by atoms with E-state index in [1.54, 1.807) is 0 Å². The number of alkyl halides is 1. The third kappa shape index (κ3) is 4.80. The van der Waals surface area contributed by atoms with Crippen LogP contribution in [0.1, 0.15) is 48.0 Å². The SMILES string of the molecule is CC(C)(C)C(=O)CC(Br)C(C)(C)C. The van der Waals surface area contributed by atoms with Crippen LogP contribution in [0.5, 0.6) is 0 Å². The van der Waals surface area contributed by atoms with E-state index in [1.165, 1.54) is 0 Å². The van der Waals surface area contributed by atoms with E-state index < -0.39 is 0 Å². The second-order valence-electron chi connectivity index (χ2n) is 5.71. The Kier molecular flexibility index (Phi) is 4.17. The van der Waals surface area contributed by atoms with Crippen molar-refractivity contribution in [2.24, 2.45) is 10.8 Å². The van der Waals surface area contributed by atoms with Crippen molar-refractivity contribution in [1.82, 2.24) is 0 Å². The van der Waals surface area contributed by atoms with Crippen LogP contribution in [0.4, 0.5) is 0 Å². The molecule has 0 bridgehead atoms. The minimum absolute atomic E-state index is 0.154. The number of rotatable bonds is 2. The van der Waals surface area contributed by atoms with Gasteiger partial charge in [0.05, 0.1) is 0 Å². The van der Waals surface area contributed by atoms with Crippen LogP contribution in [0.3, 0.4) is 0 Å². The molecular formula is C11H21BrO. The van der Waals surface area contributed by atoms with Gasteiger partial charge in [-0.2, -0.15) is 0 Å². The molecule has 0 saturated carbocycles. The quantitative estimate of drug-likeness (QED) is 0.680. The maximum Gasteiger partial charge on any atom is 0.139 e. The molecule has 0 aliphatic carbocycles. The van der Waals surface area contributed by atoms with Crippen LogP contribution in [0.25, 0.3) is 0 Å². The molecule has 0 aliphatic heterocycles. The first-order chi connectivity index (χ1) is 5.55. The Morgan fingerprint density at radius 1 is 1.15 bits per heavy atom. The zero-order valence-electron chi connectivity index (χ0n) is 9.57. The van der Waals surface area contributed by atoms with Crippen molar-refractivity contribution < 1.29 is 4.79 Å². The lowest BCUT2D eigenvalue weighted by atomic mass is 9.82. The fraction of sp³-hybridized carbons (Fsp3) is 0.909. The lowest BCUT2D eigenvalue weighted by Crippen LogP contribution is -2.29. The lowest BCUT2D eigenvalue weighted by molar-refractivity contribution is -0.126. The maximum absolute atomic E-state index is 11.7. The minimum Gasteiger partial charge on any atom is -0.299 e. The van der Waals surface area contributed by atoms with Gasteiger partial charge in [-0.3, -0.25) is 4.79 Å². The predicted octanol–water partition coefficient (Wildman–Crippen LogP) is 3.80. The highest BCUT2D eigenvalue weighted by atomic mass is 79.9. The van der Waals surface area contributed by atoms with Crippen molar-refractivity contribution in [2.45, 2.75) is 52.8 Å². The zero-order chi connectivity index (χ0) is 10.9. The molecule has 0 saturated heterocycles. The topological polar surface area (TPSA) is 17.1 Å². The number of carbonyl (C=O) groups is 1. The van der Waals surface area contributed by atoms with Gasteiger partial charge in [0.25, 0.3) is 0 Å². The van der Waals surface area contributed by atoms with Gasteiger partial charge in [-0.05, 0) is 5.41 Å². The molecule has 0 rings (SSSR count). The fourth-order valence-electron chi connectivity index (χ4n) is 0.775. The molecule has 0 fully saturated rings. The summed E-state index contributed by atoms with van der Waals surface area (Å²) in [6, 6.07) is 0. The molecule has 1 unspecified atom stereocenters. The number of carbonyl (C=O) groups excluding carboxylic acids is 1. The van der Waals surface area contributed by atoms with Crippen LogP contribution in [0.15, 0.2) is 0 Å². The van der Waals surface area contributed by atoms with Gasteiger partial charge < -0.3 is 0 Å². The van der Waals surface area contributed by atoms with Crippen LogP contribution in [-0.2, 0) is 4.79 Å². The van der Waals surface area contributed by atoms with Crippen molar-refractivity contribution in [3.05, 3.63) is 0 Å². The van der Waals surface area contributed by atoms with Gasteiger partial charge in [-0.25, -0.2) is 0 Å². The average molecular weight is 249 g/mol. The molecule has 0 heterocycles. The Bertz CT molecular complexity index is 183. The molecule has 2 heteroatoms. The molecule has 0 radical (unpaired) electrons. The van der Waals surface area contributed by atoms with E-state index in [0.29, 0.717) is 12.2 Å². The van der Waals surface area contributed by atoms with E-state index in [-0.39, 0.29) is 15.7 Å². The summed E-state index contributed by atoms with van der Waals surface area (Å²) >= 11 is 3.57. The van der Waals surface area contributed by atoms with E-state index in [0.717, 1.165) is 0 Å². The fourth-order valence-corrected chi connectivity index (χ4v) is 1.07. The molecule has 0 aromatic rings. The largest absolute Gasteiger partial charge is 0.299 e. The number of Topliss-reactive ketones (excluding diaryl/α,β-unsaturated/α-hetero) is 1. The van der Waals surface area contributed by atoms with Crippen molar-refractivity contribution in [2.75, 3.05) is 0 Å². The number of hydrogen-bond donors (Lipinski definition) is 0. The Hall–Kier alpha value is 0.150. The molecule has 13 heavy (non-hydrogen) atoms. The second kappa shape index (κ2) is 4.12. The summed E-state index contributed by atoms with van der Waals surface area (Å²) in [5.74, 6) is 0.323. The van der Waals surface area contributed by atoms with Crippen molar-refractivity contribution in [1.29, 1.82) is 0 Å². The van der Waals surface area contributed by atoms with Gasteiger partial charge in [0.1, 0.15) is 5.78 Å². The third-order valence-electron chi connectivity index (χ3n) is 2.14. The van der Waals surface area contributed by atoms with Crippen LogP contribution in [-0.4, -0.2) is 10.6 Å². The van der Waals surface area contributed by atoms with Crippen molar-refractivity contribution in [3.8, 4) is 0 Å². The number of hydrogen-bond acceptors (Lipinski definition) is 1. The van der Waals surface area contributed by atoms with E-state index in [4.69, 9.17) is 0 Å². The first-order valence-electron chi connectivity index (χ1n) is 4.72. The van der Waals surface area contributed by atoms with Crippen LogP contribution in [0.2, 0.25) is 0 Å². The summed E-state index contributed by atoms with van der Waals surface area (Å²) in [5, 5.41) is 0. The Balaban J connectivity index is 4.24. The predicted molar refractivity (Wildman–Crippen MR) is 61.2 cm³/mol. The van der Waals surface area contributed by atoms with Gasteiger partial charge in [-0.1, -0.05) is 57.5 Å². The molecule has 0 aromatic heterocycles. The second-order valence-corrected chi connectivity index (χ2v) is 6.82. The average Bonchev–Trinajstić information content (AvgIpc) is 1.82. The summed E-state index contributed by atoms with van der Waals surface area (Å²) in [6.45, 7) is 12.3. The summed E-state index contributed by atoms with van der Waals surface area (Å²) in [6.07, 6.45) is 0.618. The molecule has 0 N–H and O–H groups in total. The minimum atomic E-state index is -0.211. The first kappa shape index (κ1) is 13.2. The smallest absolute Gasteiger partial charge is 0.139 e. The van der Waals surface area contributed by atoms with E-state index >= 15 is 0 Å². The molecule has 78 valence electrons. The third-order valence-corrected chi connectivity index (χ3v) is 3.84. The summed E-state index contributed by atoms with van der Waals surface area (Å²) in [4.78, 5) is 12.0. The molecule has 0 spiro atoms. The van der Waals surface area contributed by atoms with E-state index in [9.17, 15) is 4.79 Å². The van der Waals surface area contributed by atoms with Crippen molar-refractivity contribution in [3.63, 3.8) is 0 Å². The maximum atomic E-state index is 11.7. The van der Waals surface area contributed by atoms with Gasteiger partial charge in [-0.15, -0.1) is 0 Å². The van der Waals surface area contributed by atoms with Gasteiger partial charge in [0, 0.05) is 16.7 Å². The molecule has 1 atom stereocenters. The standard InChI is InChI=1S/C11H21BrO/c1-10(2,3)8(12)7-9(13)11(4,5)6/h8H,7H2,1-6H3. The van der Waals surface area contributed by atoms with Crippen LogP contribution >= 0.6 is 15.9 Å². The normalized spacial score (nSPS) is 15.6. The zero-order valence-corrected chi connectivity index (χ0v) is 11.2. The monoisotopic (exact) mass is 248 g/mol. The summed E-state index contributed by atoms with van der Waals surface area (Å²) in [5.41, 5.74) is -0.0574. The lowest BCUT2D eigenvalue weighted by Gasteiger charge is -2.27. The number of ketones is 1. The van der Waals surface area contributed by atoms with Crippen LogP contribution in [0, 0.1) is 10.8 Å². The highest BCUT2D eigenvalue weighted by molar-refractivity contribution is 9.09. The van der Waals surface area contributed by atoms with Gasteiger partial charge >= 0.3 is 0 Å². The van der Waals surface area contributed by atoms with Crippen LogP contribution < -0.4 is 0 Å². The van der Waals surface area contributed by atoms with E-state index in [1.807, 2.05) is 20.8 Å².